The summed E-state index contributed by atoms with van der Waals surface area (Å²) in [6, 6.07) is 0. The minimum Gasteiger partial charge on any atom is -0.463 e. The first-order valence-corrected chi connectivity index (χ1v) is 49.5. The SMILES string of the molecule is CC/C=C\C/C=C\C/C=C\C/C=C\C/C=C\CCCCCCCCCCCCCCCCCCCCCC(=O)OCC(O)COP(=O)(O)OCC(O)COP(=O)(O)OCC(COC(=O)CCCCCCCCCCCCCCC/C=C\C/C=C\C/C=C\C/C=C\C/C=C\CC)OC(=O)CCCCCCC/C=C\CCCCCCCC. The predicted octanol–water partition coefficient (Wildman–Crippen LogP) is 28.6. The van der Waals surface area contributed by atoms with E-state index in [9.17, 15) is 43.5 Å². The van der Waals surface area contributed by atoms with E-state index in [1.165, 1.54) is 199 Å². The lowest BCUT2D eigenvalue weighted by Gasteiger charge is -2.21. The van der Waals surface area contributed by atoms with Gasteiger partial charge in [-0.2, -0.15) is 0 Å². The summed E-state index contributed by atoms with van der Waals surface area (Å²) < 4.78 is 61.4. The second-order valence-electron chi connectivity index (χ2n) is 31.0. The van der Waals surface area contributed by atoms with E-state index < -0.39 is 91.5 Å². The van der Waals surface area contributed by atoms with Crippen LogP contribution in [-0.4, -0.2) is 95.9 Å². The fraction of sp³-hybridized carbons (Fsp3) is 0.742. The fourth-order valence-corrected chi connectivity index (χ4v) is 14.4. The fourth-order valence-electron chi connectivity index (χ4n) is 12.9. The van der Waals surface area contributed by atoms with Crippen LogP contribution in [0.4, 0.5) is 0 Å². The van der Waals surface area contributed by atoms with Crippen LogP contribution in [0.1, 0.15) is 406 Å². The summed E-state index contributed by atoms with van der Waals surface area (Å²) in [5.41, 5.74) is 0. The van der Waals surface area contributed by atoms with Gasteiger partial charge in [0.05, 0.1) is 26.4 Å². The number of esters is 3. The molecule has 0 amide bonds. The Labute approximate surface area is 703 Å². The quantitative estimate of drug-likeness (QED) is 0.0146. The number of carbonyl (C=O) groups is 3. The number of phosphoric acid groups is 2. The summed E-state index contributed by atoms with van der Waals surface area (Å²) >= 11 is 0. The molecule has 0 fully saturated rings. The third kappa shape index (κ3) is 90.3. The second-order valence-corrected chi connectivity index (χ2v) is 34.0. The lowest BCUT2D eigenvalue weighted by molar-refractivity contribution is -0.161. The third-order valence-corrected chi connectivity index (χ3v) is 21.7. The van der Waals surface area contributed by atoms with Crippen LogP contribution < -0.4 is 0 Å². The Morgan fingerprint density at radius 2 is 0.461 bits per heavy atom. The Balaban J connectivity index is 4.41. The average molecular weight is 1650 g/mol. The third-order valence-electron chi connectivity index (χ3n) is 19.8. The number of allylic oxidation sites excluding steroid dienone is 22. The van der Waals surface area contributed by atoms with E-state index in [1.54, 1.807) is 0 Å². The number of hydrogen-bond acceptors (Lipinski definition) is 14. The molecule has 5 atom stereocenters. The Morgan fingerprint density at radius 1 is 0.252 bits per heavy atom. The summed E-state index contributed by atoms with van der Waals surface area (Å²) in [6.45, 7) is 2.50. The number of carbonyl (C=O) groups excluding carboxylic acids is 3. The highest BCUT2D eigenvalue weighted by Crippen LogP contribution is 2.45. The average Bonchev–Trinajstić information content (AvgIpc) is 0.902. The molecule has 0 radical (unpaired) electrons. The van der Waals surface area contributed by atoms with Crippen LogP contribution in [0.5, 0.6) is 0 Å². The van der Waals surface area contributed by atoms with Gasteiger partial charge in [-0.3, -0.25) is 32.5 Å². The van der Waals surface area contributed by atoms with Crippen molar-refractivity contribution in [2.24, 2.45) is 0 Å². The zero-order valence-electron chi connectivity index (χ0n) is 73.2. The molecule has 0 aliphatic rings. The molecule has 18 heteroatoms. The monoisotopic (exact) mass is 1650 g/mol. The topological polar surface area (TPSA) is 231 Å². The Kier molecular flexibility index (Phi) is 85.6. The molecule has 0 aromatic rings. The van der Waals surface area contributed by atoms with E-state index in [2.05, 4.69) is 154 Å². The summed E-state index contributed by atoms with van der Waals surface area (Å²) in [6.07, 6.45) is 111. The zero-order chi connectivity index (χ0) is 83.6. The van der Waals surface area contributed by atoms with Crippen molar-refractivity contribution in [3.8, 4) is 0 Å². The molecular formula is C97H170O16P2. The summed E-state index contributed by atoms with van der Waals surface area (Å²) in [5, 5.41) is 20.7. The normalized spacial score (nSPS) is 14.4. The van der Waals surface area contributed by atoms with Crippen LogP contribution in [0.25, 0.3) is 0 Å². The molecule has 0 rings (SSSR count). The highest BCUT2D eigenvalue weighted by atomic mass is 31.2. The molecule has 664 valence electrons. The number of hydrogen-bond donors (Lipinski definition) is 4. The molecule has 0 spiro atoms. The predicted molar refractivity (Wildman–Crippen MR) is 482 cm³/mol. The minimum atomic E-state index is -4.94. The molecule has 0 saturated heterocycles. The van der Waals surface area contributed by atoms with Crippen molar-refractivity contribution in [3.63, 3.8) is 0 Å². The van der Waals surface area contributed by atoms with E-state index in [-0.39, 0.29) is 19.3 Å². The van der Waals surface area contributed by atoms with Crippen molar-refractivity contribution in [2.45, 2.75) is 424 Å². The van der Waals surface area contributed by atoms with Gasteiger partial charge >= 0.3 is 33.6 Å². The van der Waals surface area contributed by atoms with Crippen molar-refractivity contribution in [2.75, 3.05) is 39.6 Å². The van der Waals surface area contributed by atoms with Gasteiger partial charge in [-0.15, -0.1) is 0 Å². The molecule has 0 saturated carbocycles. The molecule has 0 heterocycles. The first-order chi connectivity index (χ1) is 56.2. The van der Waals surface area contributed by atoms with Crippen LogP contribution in [0.15, 0.2) is 134 Å². The number of aliphatic hydroxyl groups is 2. The van der Waals surface area contributed by atoms with Gasteiger partial charge in [0.15, 0.2) is 6.10 Å². The van der Waals surface area contributed by atoms with Gasteiger partial charge in [-0.05, 0) is 135 Å². The second kappa shape index (κ2) is 89.0. The van der Waals surface area contributed by atoms with E-state index in [4.69, 9.17) is 32.3 Å². The van der Waals surface area contributed by atoms with E-state index in [1.807, 2.05) is 0 Å². The van der Waals surface area contributed by atoms with Crippen LogP contribution >= 0.6 is 15.6 Å². The van der Waals surface area contributed by atoms with E-state index in [0.29, 0.717) is 19.3 Å². The molecule has 4 N–H and O–H groups in total. The van der Waals surface area contributed by atoms with Gasteiger partial charge in [0.1, 0.15) is 25.4 Å². The Hall–Kier alpha value is -4.31. The number of phosphoric ester groups is 2. The molecular weight excluding hydrogens is 1480 g/mol. The molecule has 115 heavy (non-hydrogen) atoms. The van der Waals surface area contributed by atoms with Crippen molar-refractivity contribution in [3.05, 3.63) is 134 Å². The maximum atomic E-state index is 13.0. The van der Waals surface area contributed by atoms with Crippen LogP contribution in [-0.2, 0) is 55.8 Å². The summed E-state index contributed by atoms with van der Waals surface area (Å²) in [4.78, 5) is 58.9. The van der Waals surface area contributed by atoms with Crippen molar-refractivity contribution < 1.29 is 75.8 Å². The smallest absolute Gasteiger partial charge is 0.463 e. The number of ether oxygens (including phenoxy) is 3. The molecule has 0 aromatic carbocycles. The Bertz CT molecular complexity index is 2620. The van der Waals surface area contributed by atoms with Crippen LogP contribution in [0, 0.1) is 0 Å². The maximum absolute atomic E-state index is 13.0. The van der Waals surface area contributed by atoms with Crippen molar-refractivity contribution in [1.29, 1.82) is 0 Å². The largest absolute Gasteiger partial charge is 0.472 e. The van der Waals surface area contributed by atoms with Crippen molar-refractivity contribution in [1.82, 2.24) is 0 Å². The van der Waals surface area contributed by atoms with Gasteiger partial charge in [0.2, 0.25) is 0 Å². The first kappa shape index (κ1) is 111. The van der Waals surface area contributed by atoms with Gasteiger partial charge in [-0.1, -0.05) is 386 Å². The number of unbranched alkanes of at least 4 members (excludes halogenated alkanes) is 43. The molecule has 16 nitrogen and oxygen atoms in total. The molecule has 5 unspecified atom stereocenters. The molecule has 0 aliphatic carbocycles. The zero-order valence-corrected chi connectivity index (χ0v) is 75.0. The van der Waals surface area contributed by atoms with Crippen LogP contribution in [0.3, 0.4) is 0 Å². The highest BCUT2D eigenvalue weighted by molar-refractivity contribution is 7.47. The maximum Gasteiger partial charge on any atom is 0.472 e. The standard InChI is InChI=1S/C97H170O16P2/c1-4-7-10-13-16-19-22-25-28-30-32-34-36-38-40-42-43-44-45-46-47-49-51-52-54-56-58-60-63-65-68-71-74-77-80-83-95(100)107-86-92(98)87-109-114(103,104)110-88-93(99)89-111-115(105,106)112-91-94(113-97(102)85-82-79-76-73-70-67-62-27-24-21-18-15-12-9-6-3)90-108-96(101)84-81-78-75-72-69-66-64-61-59-57-55-53-50-48-41-39-37-35-33-31-29-26-23-20-17-14-11-8-5-2/h7-8,10-11,16-17,19-20,25-29,32-35,38-41,62,92-94,98-99H,4-6,9,12-15,18,21-24,30-31,36-37,42-61,63-91H2,1-3H3,(H,103,104)(H,105,106)/b10-7-,11-8-,19-16-,20-17-,28-25-,29-26-,34-32-,35-33-,40-38-,41-39-,62-27-. The van der Waals surface area contributed by atoms with Gasteiger partial charge in [0, 0.05) is 19.3 Å². The number of aliphatic hydroxyl groups excluding tert-OH is 2. The summed E-state index contributed by atoms with van der Waals surface area (Å²) in [7, 11) is -9.80. The van der Waals surface area contributed by atoms with E-state index in [0.717, 1.165) is 148 Å². The number of rotatable bonds is 88. The minimum absolute atomic E-state index is 0.0952. The lowest BCUT2D eigenvalue weighted by atomic mass is 10.0. The molecule has 0 aliphatic heterocycles. The van der Waals surface area contributed by atoms with Gasteiger partial charge in [0.25, 0.3) is 0 Å². The molecule has 0 bridgehead atoms. The van der Waals surface area contributed by atoms with Gasteiger partial charge < -0.3 is 34.2 Å². The Morgan fingerprint density at radius 3 is 0.739 bits per heavy atom. The van der Waals surface area contributed by atoms with Crippen molar-refractivity contribution >= 4 is 33.6 Å². The lowest BCUT2D eigenvalue weighted by Crippen LogP contribution is -2.30. The molecule has 0 aromatic heterocycles. The van der Waals surface area contributed by atoms with Crippen LogP contribution in [0.2, 0.25) is 0 Å². The first-order valence-electron chi connectivity index (χ1n) is 46.5. The van der Waals surface area contributed by atoms with E-state index >= 15 is 0 Å². The summed E-state index contributed by atoms with van der Waals surface area (Å²) in [5.74, 6) is -1.57. The highest BCUT2D eigenvalue weighted by Gasteiger charge is 2.29. The van der Waals surface area contributed by atoms with Gasteiger partial charge in [-0.25, -0.2) is 9.13 Å².